The molecule has 0 atom stereocenters. The van der Waals surface area contributed by atoms with Gasteiger partial charge in [-0.1, -0.05) is 42.5 Å². The number of aromatic nitrogens is 1. The van der Waals surface area contributed by atoms with Crippen LogP contribution >= 0.6 is 0 Å². The Morgan fingerprint density at radius 1 is 0.783 bits per heavy atom. The molecular formula is C20H16N2O. The third-order valence-corrected chi connectivity index (χ3v) is 3.92. The summed E-state index contributed by atoms with van der Waals surface area (Å²) in [4.78, 5) is 4.59. The summed E-state index contributed by atoms with van der Waals surface area (Å²) in [7, 11) is 1.89. The van der Waals surface area contributed by atoms with Crippen LogP contribution in [0.25, 0.3) is 33.7 Å². The van der Waals surface area contributed by atoms with Gasteiger partial charge in [-0.15, -0.1) is 0 Å². The van der Waals surface area contributed by atoms with Crippen molar-refractivity contribution < 1.29 is 4.42 Å². The molecule has 3 heteroatoms. The fraction of sp³-hybridized carbons (Fsp3) is 0.0500. The highest BCUT2D eigenvalue weighted by molar-refractivity contribution is 5.80. The number of anilines is 1. The predicted octanol–water partition coefficient (Wildman–Crippen LogP) is 5.20. The quantitative estimate of drug-likeness (QED) is 0.565. The summed E-state index contributed by atoms with van der Waals surface area (Å²) in [6.45, 7) is 0. The van der Waals surface area contributed by atoms with E-state index in [9.17, 15) is 0 Å². The van der Waals surface area contributed by atoms with E-state index in [4.69, 9.17) is 4.42 Å². The molecule has 0 aliphatic carbocycles. The van der Waals surface area contributed by atoms with Gasteiger partial charge in [-0.2, -0.15) is 0 Å². The number of nitrogens with one attached hydrogen (secondary N) is 1. The predicted molar refractivity (Wildman–Crippen MR) is 94.4 cm³/mol. The van der Waals surface area contributed by atoms with Crippen LogP contribution in [0.2, 0.25) is 0 Å². The molecule has 0 fully saturated rings. The molecule has 3 aromatic carbocycles. The third kappa shape index (κ3) is 2.57. The molecule has 3 nitrogen and oxygen atoms in total. The Bertz CT molecular complexity index is 940. The number of rotatable bonds is 3. The standard InChI is InChI=1S/C20H16N2O/c1-21-17-11-12-19-18(13-17)22-20(23-19)16-9-7-15(8-10-16)14-5-3-2-4-6-14/h2-13,21H,1H3. The Balaban J connectivity index is 1.70. The van der Waals surface area contributed by atoms with E-state index in [0.29, 0.717) is 5.89 Å². The molecular weight excluding hydrogens is 284 g/mol. The van der Waals surface area contributed by atoms with Gasteiger partial charge in [0.05, 0.1) is 0 Å². The minimum Gasteiger partial charge on any atom is -0.436 e. The van der Waals surface area contributed by atoms with Crippen molar-refractivity contribution in [2.45, 2.75) is 0 Å². The summed E-state index contributed by atoms with van der Waals surface area (Å²) in [6, 6.07) is 24.5. The van der Waals surface area contributed by atoms with Crippen LogP contribution in [0.15, 0.2) is 77.2 Å². The molecule has 1 heterocycles. The number of hydrogen-bond donors (Lipinski definition) is 1. The second-order valence-electron chi connectivity index (χ2n) is 5.39. The SMILES string of the molecule is CNc1ccc2oc(-c3ccc(-c4ccccc4)cc3)nc2c1. The number of benzene rings is 3. The molecule has 1 N–H and O–H groups in total. The zero-order valence-electron chi connectivity index (χ0n) is 12.8. The summed E-state index contributed by atoms with van der Waals surface area (Å²) in [5.41, 5.74) is 6.05. The van der Waals surface area contributed by atoms with Crippen molar-refractivity contribution in [1.82, 2.24) is 4.98 Å². The average Bonchev–Trinajstić information content (AvgIpc) is 3.05. The zero-order chi connectivity index (χ0) is 15.6. The van der Waals surface area contributed by atoms with E-state index < -0.39 is 0 Å². The summed E-state index contributed by atoms with van der Waals surface area (Å²) < 4.78 is 5.86. The van der Waals surface area contributed by atoms with Crippen LogP contribution < -0.4 is 5.32 Å². The lowest BCUT2D eigenvalue weighted by molar-refractivity contribution is 0.620. The van der Waals surface area contributed by atoms with Crippen molar-refractivity contribution in [2.75, 3.05) is 12.4 Å². The molecule has 0 saturated heterocycles. The van der Waals surface area contributed by atoms with Crippen molar-refractivity contribution >= 4 is 16.8 Å². The lowest BCUT2D eigenvalue weighted by Gasteiger charge is -2.02. The van der Waals surface area contributed by atoms with Crippen molar-refractivity contribution in [3.8, 4) is 22.6 Å². The highest BCUT2D eigenvalue weighted by Gasteiger charge is 2.09. The summed E-state index contributed by atoms with van der Waals surface area (Å²) in [5.74, 6) is 0.646. The second kappa shape index (κ2) is 5.61. The van der Waals surface area contributed by atoms with E-state index >= 15 is 0 Å². The van der Waals surface area contributed by atoms with Gasteiger partial charge in [0.2, 0.25) is 5.89 Å². The van der Waals surface area contributed by atoms with Gasteiger partial charge in [-0.3, -0.25) is 0 Å². The number of fused-ring (bicyclic) bond motifs is 1. The van der Waals surface area contributed by atoms with Crippen LogP contribution in [0.4, 0.5) is 5.69 Å². The molecule has 0 bridgehead atoms. The average molecular weight is 300 g/mol. The molecule has 23 heavy (non-hydrogen) atoms. The number of nitrogens with zero attached hydrogens (tertiary/aromatic N) is 1. The van der Waals surface area contributed by atoms with Gasteiger partial charge in [0.1, 0.15) is 5.52 Å². The van der Waals surface area contributed by atoms with Crippen LogP contribution in [-0.4, -0.2) is 12.0 Å². The Labute approximate surface area is 134 Å². The molecule has 112 valence electrons. The normalized spacial score (nSPS) is 10.8. The van der Waals surface area contributed by atoms with Crippen LogP contribution in [0.5, 0.6) is 0 Å². The Morgan fingerprint density at radius 2 is 1.48 bits per heavy atom. The highest BCUT2D eigenvalue weighted by atomic mass is 16.3. The lowest BCUT2D eigenvalue weighted by atomic mass is 10.0. The molecule has 0 saturated carbocycles. The monoisotopic (exact) mass is 300 g/mol. The zero-order valence-corrected chi connectivity index (χ0v) is 12.8. The number of oxazole rings is 1. The first kappa shape index (κ1) is 13.6. The van der Waals surface area contributed by atoms with Gasteiger partial charge < -0.3 is 9.73 Å². The molecule has 0 radical (unpaired) electrons. The lowest BCUT2D eigenvalue weighted by Crippen LogP contribution is -1.86. The molecule has 0 unspecified atom stereocenters. The van der Waals surface area contributed by atoms with Gasteiger partial charge in [-0.25, -0.2) is 4.98 Å². The van der Waals surface area contributed by atoms with Crippen LogP contribution in [0, 0.1) is 0 Å². The molecule has 0 aliphatic heterocycles. The van der Waals surface area contributed by atoms with E-state index in [1.807, 2.05) is 55.6 Å². The molecule has 4 aromatic rings. The van der Waals surface area contributed by atoms with Crippen LogP contribution in [0.1, 0.15) is 0 Å². The largest absolute Gasteiger partial charge is 0.436 e. The van der Waals surface area contributed by atoms with Gasteiger partial charge in [0, 0.05) is 18.3 Å². The number of hydrogen-bond acceptors (Lipinski definition) is 3. The van der Waals surface area contributed by atoms with E-state index in [0.717, 1.165) is 22.4 Å². The Morgan fingerprint density at radius 3 is 2.22 bits per heavy atom. The molecule has 1 aromatic heterocycles. The maximum Gasteiger partial charge on any atom is 0.227 e. The topological polar surface area (TPSA) is 38.1 Å². The highest BCUT2D eigenvalue weighted by Crippen LogP contribution is 2.28. The minimum atomic E-state index is 0.646. The van der Waals surface area contributed by atoms with Crippen molar-refractivity contribution in [1.29, 1.82) is 0 Å². The maximum atomic E-state index is 5.86. The molecule has 0 spiro atoms. The van der Waals surface area contributed by atoms with Crippen molar-refractivity contribution in [3.05, 3.63) is 72.8 Å². The maximum absolute atomic E-state index is 5.86. The summed E-state index contributed by atoms with van der Waals surface area (Å²) in [6.07, 6.45) is 0. The summed E-state index contributed by atoms with van der Waals surface area (Å²) >= 11 is 0. The minimum absolute atomic E-state index is 0.646. The fourth-order valence-corrected chi connectivity index (χ4v) is 2.64. The first-order chi connectivity index (χ1) is 11.3. The van der Waals surface area contributed by atoms with Crippen molar-refractivity contribution in [3.63, 3.8) is 0 Å². The van der Waals surface area contributed by atoms with E-state index in [1.54, 1.807) is 0 Å². The van der Waals surface area contributed by atoms with E-state index in [2.05, 4.69) is 34.6 Å². The second-order valence-corrected chi connectivity index (χ2v) is 5.39. The molecule has 0 aliphatic rings. The third-order valence-electron chi connectivity index (χ3n) is 3.92. The van der Waals surface area contributed by atoms with E-state index in [-0.39, 0.29) is 0 Å². The smallest absolute Gasteiger partial charge is 0.227 e. The Hall–Kier alpha value is -3.07. The van der Waals surface area contributed by atoms with Gasteiger partial charge in [-0.05, 0) is 41.5 Å². The van der Waals surface area contributed by atoms with Gasteiger partial charge >= 0.3 is 0 Å². The first-order valence-corrected chi connectivity index (χ1v) is 7.58. The fourth-order valence-electron chi connectivity index (χ4n) is 2.64. The van der Waals surface area contributed by atoms with Gasteiger partial charge in [0.25, 0.3) is 0 Å². The van der Waals surface area contributed by atoms with Crippen molar-refractivity contribution in [2.24, 2.45) is 0 Å². The Kier molecular flexibility index (Phi) is 3.31. The van der Waals surface area contributed by atoms with Crippen LogP contribution in [-0.2, 0) is 0 Å². The van der Waals surface area contributed by atoms with Gasteiger partial charge in [0.15, 0.2) is 5.58 Å². The molecule has 0 amide bonds. The van der Waals surface area contributed by atoms with E-state index in [1.165, 1.54) is 11.1 Å². The summed E-state index contributed by atoms with van der Waals surface area (Å²) in [5, 5.41) is 3.11. The van der Waals surface area contributed by atoms with Crippen LogP contribution in [0.3, 0.4) is 0 Å². The molecule has 4 rings (SSSR count). The first-order valence-electron chi connectivity index (χ1n) is 7.58.